The van der Waals surface area contributed by atoms with Crippen LogP contribution in [0.15, 0.2) is 24.3 Å². The number of aldehydes is 1. The first-order valence-electron chi connectivity index (χ1n) is 10.6. The molecule has 1 aromatic rings. The van der Waals surface area contributed by atoms with E-state index in [9.17, 15) is 4.79 Å². The third kappa shape index (κ3) is 6.43. The Morgan fingerprint density at radius 3 is 2.00 bits per heavy atom. The van der Waals surface area contributed by atoms with Gasteiger partial charge in [0.05, 0.1) is 19.8 Å². The van der Waals surface area contributed by atoms with Crippen molar-refractivity contribution in [3.8, 4) is 5.75 Å². The molecule has 0 bridgehead atoms. The van der Waals surface area contributed by atoms with Gasteiger partial charge in [0.1, 0.15) is 12.0 Å². The molecule has 0 saturated heterocycles. The first kappa shape index (κ1) is 24.9. The zero-order chi connectivity index (χ0) is 21.3. The van der Waals surface area contributed by atoms with E-state index in [1.165, 1.54) is 0 Å². The van der Waals surface area contributed by atoms with Crippen LogP contribution in [0.25, 0.3) is 0 Å². The summed E-state index contributed by atoms with van der Waals surface area (Å²) in [5.41, 5.74) is 1.64. The molecular weight excluding hydrogens is 368 g/mol. The van der Waals surface area contributed by atoms with E-state index in [2.05, 4.69) is 41.5 Å². The number of carbonyl (C=O) groups excluding carboxylic acids is 1. The highest BCUT2D eigenvalue weighted by Gasteiger charge is 2.39. The van der Waals surface area contributed by atoms with E-state index >= 15 is 0 Å². The summed E-state index contributed by atoms with van der Waals surface area (Å²) in [6, 6.07) is 10.1. The summed E-state index contributed by atoms with van der Waals surface area (Å²) >= 11 is 0. The second-order valence-corrected chi connectivity index (χ2v) is 13.2. The molecule has 0 unspecified atom stereocenters. The van der Waals surface area contributed by atoms with Crippen molar-refractivity contribution in [3.05, 3.63) is 29.8 Å². The fourth-order valence-corrected chi connectivity index (χ4v) is 7.58. The Balaban J connectivity index is 2.87. The highest BCUT2D eigenvalue weighted by atomic mass is 28.4. The zero-order valence-corrected chi connectivity index (χ0v) is 20.0. The van der Waals surface area contributed by atoms with E-state index in [0.29, 0.717) is 12.1 Å². The Bertz CT molecular complexity index is 568. The van der Waals surface area contributed by atoms with Crippen LogP contribution in [-0.4, -0.2) is 33.9 Å². The normalized spacial score (nSPS) is 16.5. The molecule has 0 amide bonds. The van der Waals surface area contributed by atoms with Crippen LogP contribution in [0.5, 0.6) is 5.75 Å². The van der Waals surface area contributed by atoms with Crippen LogP contribution in [0, 0.1) is 11.8 Å². The third-order valence-electron chi connectivity index (χ3n) is 6.26. The quantitative estimate of drug-likeness (QED) is 0.303. The van der Waals surface area contributed by atoms with Gasteiger partial charge in [-0.25, -0.2) is 0 Å². The van der Waals surface area contributed by atoms with E-state index in [1.807, 2.05) is 31.2 Å². The van der Waals surface area contributed by atoms with Crippen LogP contribution < -0.4 is 4.74 Å². The number of hydrogen-bond acceptors (Lipinski definition) is 4. The lowest BCUT2D eigenvalue weighted by Crippen LogP contribution is -2.47. The molecule has 0 saturated carbocycles. The molecule has 1 aromatic carbocycles. The van der Waals surface area contributed by atoms with Gasteiger partial charge < -0.3 is 18.7 Å². The summed E-state index contributed by atoms with van der Waals surface area (Å²) in [5, 5.41) is 0. The van der Waals surface area contributed by atoms with Gasteiger partial charge in [0.2, 0.25) is 0 Å². The molecule has 160 valence electrons. The van der Waals surface area contributed by atoms with Gasteiger partial charge in [-0.1, -0.05) is 53.7 Å². The summed E-state index contributed by atoms with van der Waals surface area (Å²) < 4.78 is 18.2. The molecule has 28 heavy (non-hydrogen) atoms. The van der Waals surface area contributed by atoms with Gasteiger partial charge in [0, 0.05) is 17.9 Å². The number of ether oxygens (including phenoxy) is 2. The second kappa shape index (κ2) is 11.7. The monoisotopic (exact) mass is 408 g/mol. The number of carbonyl (C=O) groups is 1. The van der Waals surface area contributed by atoms with Crippen molar-refractivity contribution in [1.29, 1.82) is 0 Å². The van der Waals surface area contributed by atoms with Crippen LogP contribution in [-0.2, 0) is 20.6 Å². The molecule has 0 aliphatic heterocycles. The Hall–Kier alpha value is -1.17. The molecule has 0 N–H and O–H groups in total. The van der Waals surface area contributed by atoms with Crippen molar-refractivity contribution in [2.75, 3.05) is 7.11 Å². The molecular formula is C23H40O4Si. The maximum absolute atomic E-state index is 11.5. The van der Waals surface area contributed by atoms with E-state index in [0.717, 1.165) is 29.7 Å². The van der Waals surface area contributed by atoms with Gasteiger partial charge in [0.25, 0.3) is 0 Å². The van der Waals surface area contributed by atoms with Crippen LogP contribution in [0.3, 0.4) is 0 Å². The molecule has 4 atom stereocenters. The van der Waals surface area contributed by atoms with Crippen molar-refractivity contribution in [1.82, 2.24) is 0 Å². The van der Waals surface area contributed by atoms with E-state index in [4.69, 9.17) is 13.9 Å². The van der Waals surface area contributed by atoms with Crippen molar-refractivity contribution >= 4 is 14.6 Å². The molecule has 0 aliphatic carbocycles. The van der Waals surface area contributed by atoms with E-state index < -0.39 is 8.32 Å². The van der Waals surface area contributed by atoms with Gasteiger partial charge >= 0.3 is 0 Å². The average Bonchev–Trinajstić information content (AvgIpc) is 2.71. The van der Waals surface area contributed by atoms with Crippen LogP contribution in [0.1, 0.15) is 54.0 Å². The first-order valence-corrected chi connectivity index (χ1v) is 13.0. The van der Waals surface area contributed by atoms with Crippen LogP contribution in [0.4, 0.5) is 0 Å². The van der Waals surface area contributed by atoms with Crippen molar-refractivity contribution in [3.63, 3.8) is 0 Å². The number of methoxy groups -OCH3 is 1. The second-order valence-electron chi connectivity index (χ2n) is 8.23. The van der Waals surface area contributed by atoms with Crippen molar-refractivity contribution in [2.45, 2.75) is 84.9 Å². The number of rotatable bonds is 13. The molecule has 0 spiro atoms. The van der Waals surface area contributed by atoms with Crippen LogP contribution in [0.2, 0.25) is 17.6 Å². The van der Waals surface area contributed by atoms with Gasteiger partial charge in [0.15, 0.2) is 8.32 Å². The maximum Gasteiger partial charge on any atom is 0.195 e. The predicted octanol–water partition coefficient (Wildman–Crippen LogP) is 5.85. The lowest BCUT2D eigenvalue weighted by molar-refractivity contribution is -0.120. The molecule has 0 radical (unpaired) electrons. The minimum absolute atomic E-state index is 0.0530. The van der Waals surface area contributed by atoms with Gasteiger partial charge in [-0.3, -0.25) is 0 Å². The Morgan fingerprint density at radius 1 is 1.00 bits per heavy atom. The van der Waals surface area contributed by atoms with Gasteiger partial charge in [-0.05, 0) is 42.2 Å². The highest BCUT2D eigenvalue weighted by molar-refractivity contribution is 6.75. The Morgan fingerprint density at radius 2 is 1.57 bits per heavy atom. The maximum atomic E-state index is 11.5. The topological polar surface area (TPSA) is 44.8 Å². The summed E-state index contributed by atoms with van der Waals surface area (Å²) in [7, 11) is -0.136. The zero-order valence-electron chi connectivity index (χ0n) is 19.0. The molecule has 0 heterocycles. The fourth-order valence-electron chi connectivity index (χ4n) is 3.89. The predicted molar refractivity (Wildman–Crippen MR) is 118 cm³/mol. The molecule has 0 aromatic heterocycles. The summed E-state index contributed by atoms with van der Waals surface area (Å²) in [6.45, 7) is 15.7. The summed E-state index contributed by atoms with van der Waals surface area (Å²) in [4.78, 5) is 11.5. The molecule has 0 fully saturated rings. The van der Waals surface area contributed by atoms with Crippen LogP contribution >= 0.6 is 0 Å². The number of benzene rings is 1. The SMILES string of the molecule is CC[Si](CC)(O[C@@H](C)[C@H](C)[C@H](OCc1ccc(OC)cc1)[C@@H](C)C=O)C(C)C. The Kier molecular flexibility index (Phi) is 10.4. The smallest absolute Gasteiger partial charge is 0.195 e. The van der Waals surface area contributed by atoms with Crippen molar-refractivity contribution < 1.29 is 18.7 Å². The minimum Gasteiger partial charge on any atom is -0.497 e. The van der Waals surface area contributed by atoms with E-state index in [1.54, 1.807) is 7.11 Å². The lowest BCUT2D eigenvalue weighted by atomic mass is 9.90. The highest BCUT2D eigenvalue weighted by Crippen LogP contribution is 2.34. The number of hydrogen-bond donors (Lipinski definition) is 0. The summed E-state index contributed by atoms with van der Waals surface area (Å²) in [6.07, 6.45) is 0.869. The van der Waals surface area contributed by atoms with Crippen molar-refractivity contribution in [2.24, 2.45) is 11.8 Å². The van der Waals surface area contributed by atoms with E-state index in [-0.39, 0.29) is 24.0 Å². The van der Waals surface area contributed by atoms with Gasteiger partial charge in [-0.2, -0.15) is 0 Å². The lowest BCUT2D eigenvalue weighted by Gasteiger charge is -2.40. The van der Waals surface area contributed by atoms with Gasteiger partial charge in [-0.15, -0.1) is 0 Å². The molecule has 5 heteroatoms. The Labute approximate surface area is 173 Å². The average molecular weight is 409 g/mol. The third-order valence-corrected chi connectivity index (χ3v) is 11.6. The molecule has 1 rings (SSSR count). The molecule has 4 nitrogen and oxygen atoms in total. The largest absolute Gasteiger partial charge is 0.497 e. The molecule has 0 aliphatic rings. The standard InChI is InChI=1S/C23H40O4Si/c1-9-28(10-2,17(3)4)27-20(7)19(6)23(18(5)15-24)26-16-21-11-13-22(25-8)14-12-21/h11-15,17-20,23H,9-10,16H2,1-8H3/t18-,19-,20-,23+/m0/s1. The first-order chi connectivity index (χ1) is 13.2. The minimum atomic E-state index is -1.79. The fraction of sp³-hybridized carbons (Fsp3) is 0.696. The summed E-state index contributed by atoms with van der Waals surface area (Å²) in [5.74, 6) is 0.769.